The van der Waals surface area contributed by atoms with Crippen molar-refractivity contribution in [3.05, 3.63) is 29.3 Å². The molecule has 3 nitrogen and oxygen atoms in total. The van der Waals surface area contributed by atoms with Gasteiger partial charge in [0.15, 0.2) is 0 Å². The fraction of sp³-hybridized carbons (Fsp3) is 0.625. The van der Waals surface area contributed by atoms with E-state index >= 15 is 0 Å². The number of hydrogen-bond acceptors (Lipinski definition) is 3. The number of aryl methyl sites for hydroxylation is 1. The lowest BCUT2D eigenvalue weighted by molar-refractivity contribution is 0.0205. The number of rotatable bonds is 8. The maximum absolute atomic E-state index is 10.2. The Balaban J connectivity index is 2.53. The van der Waals surface area contributed by atoms with Gasteiger partial charge in [-0.2, -0.15) is 0 Å². The molecule has 0 aliphatic rings. The molecular formula is C16H26O3. The number of aliphatic hydroxyl groups is 1. The first kappa shape index (κ1) is 16.0. The van der Waals surface area contributed by atoms with Gasteiger partial charge in [-0.1, -0.05) is 31.9 Å². The van der Waals surface area contributed by atoms with Crippen LogP contribution >= 0.6 is 0 Å². The number of ether oxygens (including phenoxy) is 2. The second kappa shape index (κ2) is 8.18. The van der Waals surface area contributed by atoms with Gasteiger partial charge >= 0.3 is 0 Å². The zero-order chi connectivity index (χ0) is 14.3. The molecule has 3 heteroatoms. The van der Waals surface area contributed by atoms with Crippen molar-refractivity contribution < 1.29 is 14.6 Å². The van der Waals surface area contributed by atoms with E-state index in [-0.39, 0.29) is 0 Å². The Morgan fingerprint density at radius 1 is 1.26 bits per heavy atom. The first-order chi connectivity index (χ1) is 9.08. The Bertz CT molecular complexity index is 376. The molecule has 0 amide bonds. The maximum Gasteiger partial charge on any atom is 0.124 e. The van der Waals surface area contributed by atoms with Gasteiger partial charge in [0.2, 0.25) is 0 Å². The van der Waals surface area contributed by atoms with Crippen LogP contribution in [0, 0.1) is 12.8 Å². The highest BCUT2D eigenvalue weighted by molar-refractivity contribution is 5.38. The molecule has 2 unspecified atom stereocenters. The van der Waals surface area contributed by atoms with Crippen LogP contribution in [-0.4, -0.2) is 25.4 Å². The van der Waals surface area contributed by atoms with Crippen LogP contribution in [0.15, 0.2) is 18.2 Å². The minimum atomic E-state index is -0.635. The summed E-state index contributed by atoms with van der Waals surface area (Å²) in [6.07, 6.45) is 1.69. The first-order valence-electron chi connectivity index (χ1n) is 6.98. The van der Waals surface area contributed by atoms with Crippen molar-refractivity contribution in [3.63, 3.8) is 0 Å². The SMILES string of the molecule is CCCC(C)COCC(O)c1cc(C)ccc1OC. The van der Waals surface area contributed by atoms with Crippen molar-refractivity contribution in [2.24, 2.45) is 5.92 Å². The summed E-state index contributed by atoms with van der Waals surface area (Å²) in [6.45, 7) is 7.35. The van der Waals surface area contributed by atoms with Gasteiger partial charge in [0, 0.05) is 12.2 Å². The molecule has 0 radical (unpaired) electrons. The molecule has 0 fully saturated rings. The highest BCUT2D eigenvalue weighted by atomic mass is 16.5. The summed E-state index contributed by atoms with van der Waals surface area (Å²) in [5.74, 6) is 1.25. The first-order valence-corrected chi connectivity index (χ1v) is 6.98. The van der Waals surface area contributed by atoms with Gasteiger partial charge in [0.05, 0.1) is 13.7 Å². The van der Waals surface area contributed by atoms with E-state index in [4.69, 9.17) is 9.47 Å². The van der Waals surface area contributed by atoms with Crippen LogP contribution in [0.2, 0.25) is 0 Å². The van der Waals surface area contributed by atoms with Crippen LogP contribution in [0.25, 0.3) is 0 Å². The smallest absolute Gasteiger partial charge is 0.124 e. The van der Waals surface area contributed by atoms with Crippen LogP contribution in [0.3, 0.4) is 0 Å². The largest absolute Gasteiger partial charge is 0.496 e. The number of hydrogen-bond donors (Lipinski definition) is 1. The number of methoxy groups -OCH3 is 1. The Hall–Kier alpha value is -1.06. The molecule has 0 heterocycles. The van der Waals surface area contributed by atoms with Gasteiger partial charge in [0.1, 0.15) is 11.9 Å². The van der Waals surface area contributed by atoms with Crippen molar-refractivity contribution in [2.75, 3.05) is 20.3 Å². The van der Waals surface area contributed by atoms with Crippen LogP contribution in [0.4, 0.5) is 0 Å². The lowest BCUT2D eigenvalue weighted by atomic mass is 10.1. The summed E-state index contributed by atoms with van der Waals surface area (Å²) >= 11 is 0. The highest BCUT2D eigenvalue weighted by Gasteiger charge is 2.14. The normalized spacial score (nSPS) is 14.2. The van der Waals surface area contributed by atoms with E-state index in [1.807, 2.05) is 25.1 Å². The average molecular weight is 266 g/mol. The lowest BCUT2D eigenvalue weighted by Crippen LogP contribution is -2.13. The monoisotopic (exact) mass is 266 g/mol. The van der Waals surface area contributed by atoms with Gasteiger partial charge in [-0.25, -0.2) is 0 Å². The third kappa shape index (κ3) is 5.21. The quantitative estimate of drug-likeness (QED) is 0.782. The standard InChI is InChI=1S/C16H26O3/c1-5-6-13(3)10-19-11-15(17)14-9-12(2)7-8-16(14)18-4/h7-9,13,15,17H,5-6,10-11H2,1-4H3. The van der Waals surface area contributed by atoms with E-state index < -0.39 is 6.10 Å². The molecule has 0 aliphatic heterocycles. The molecule has 0 aliphatic carbocycles. The summed E-state index contributed by atoms with van der Waals surface area (Å²) in [5, 5.41) is 10.2. The molecule has 19 heavy (non-hydrogen) atoms. The van der Waals surface area contributed by atoms with E-state index in [2.05, 4.69) is 13.8 Å². The summed E-state index contributed by atoms with van der Waals surface area (Å²) in [7, 11) is 1.62. The van der Waals surface area contributed by atoms with Crippen LogP contribution < -0.4 is 4.74 Å². The van der Waals surface area contributed by atoms with Gasteiger partial charge in [-0.15, -0.1) is 0 Å². The molecule has 108 valence electrons. The molecule has 1 aromatic rings. The second-order valence-electron chi connectivity index (χ2n) is 5.19. The van der Waals surface area contributed by atoms with Crippen molar-refractivity contribution in [1.29, 1.82) is 0 Å². The molecule has 0 bridgehead atoms. The zero-order valence-corrected chi connectivity index (χ0v) is 12.5. The van der Waals surface area contributed by atoms with Gasteiger partial charge < -0.3 is 14.6 Å². The molecule has 2 atom stereocenters. The van der Waals surface area contributed by atoms with Crippen molar-refractivity contribution in [2.45, 2.75) is 39.7 Å². The summed E-state index contributed by atoms with van der Waals surface area (Å²) in [6, 6.07) is 5.80. The average Bonchev–Trinajstić information content (AvgIpc) is 2.38. The number of aliphatic hydroxyl groups excluding tert-OH is 1. The third-order valence-corrected chi connectivity index (χ3v) is 3.20. The van der Waals surface area contributed by atoms with E-state index in [1.54, 1.807) is 7.11 Å². The molecule has 1 aromatic carbocycles. The topological polar surface area (TPSA) is 38.7 Å². The second-order valence-corrected chi connectivity index (χ2v) is 5.19. The lowest BCUT2D eigenvalue weighted by Gasteiger charge is -2.17. The van der Waals surface area contributed by atoms with Crippen LogP contribution in [-0.2, 0) is 4.74 Å². The molecule has 0 aromatic heterocycles. The van der Waals surface area contributed by atoms with Crippen LogP contribution in [0.1, 0.15) is 43.9 Å². The van der Waals surface area contributed by atoms with Crippen LogP contribution in [0.5, 0.6) is 5.75 Å². The highest BCUT2D eigenvalue weighted by Crippen LogP contribution is 2.26. The predicted molar refractivity (Wildman–Crippen MR) is 77.6 cm³/mol. The van der Waals surface area contributed by atoms with Crippen molar-refractivity contribution in [1.82, 2.24) is 0 Å². The van der Waals surface area contributed by atoms with E-state index in [9.17, 15) is 5.11 Å². The Kier molecular flexibility index (Phi) is 6.89. The fourth-order valence-corrected chi connectivity index (χ4v) is 2.16. The van der Waals surface area contributed by atoms with Gasteiger partial charge in [-0.3, -0.25) is 0 Å². The fourth-order valence-electron chi connectivity index (χ4n) is 2.16. The molecule has 1 rings (SSSR count). The Labute approximate surface area is 116 Å². The Morgan fingerprint density at radius 2 is 2.00 bits per heavy atom. The predicted octanol–water partition coefficient (Wildman–Crippen LogP) is 3.49. The van der Waals surface area contributed by atoms with Gasteiger partial charge in [-0.05, 0) is 31.4 Å². The van der Waals surface area contributed by atoms with E-state index in [1.165, 1.54) is 6.42 Å². The Morgan fingerprint density at radius 3 is 2.63 bits per heavy atom. The van der Waals surface area contributed by atoms with E-state index in [0.717, 1.165) is 17.5 Å². The third-order valence-electron chi connectivity index (χ3n) is 3.20. The minimum absolute atomic E-state index is 0.313. The van der Waals surface area contributed by atoms with E-state index in [0.29, 0.717) is 24.9 Å². The summed E-state index contributed by atoms with van der Waals surface area (Å²) < 4.78 is 10.9. The summed E-state index contributed by atoms with van der Waals surface area (Å²) in [4.78, 5) is 0. The van der Waals surface area contributed by atoms with Crippen molar-refractivity contribution in [3.8, 4) is 5.75 Å². The summed E-state index contributed by atoms with van der Waals surface area (Å²) in [5.41, 5.74) is 1.90. The zero-order valence-electron chi connectivity index (χ0n) is 12.5. The van der Waals surface area contributed by atoms with Crippen molar-refractivity contribution >= 4 is 0 Å². The maximum atomic E-state index is 10.2. The minimum Gasteiger partial charge on any atom is -0.496 e. The molecule has 0 saturated carbocycles. The molecular weight excluding hydrogens is 240 g/mol. The van der Waals surface area contributed by atoms with Gasteiger partial charge in [0.25, 0.3) is 0 Å². The number of benzene rings is 1. The molecule has 0 spiro atoms. The molecule has 1 N–H and O–H groups in total. The molecule has 0 saturated heterocycles.